The Hall–Kier alpha value is -1.26. The SMILES string of the molecule is CCOc1cccc2c1OCC(O)C2N1CCCCC1C. The number of aliphatic hydroxyl groups excluding tert-OH is 1. The van der Waals surface area contributed by atoms with Crippen LogP contribution < -0.4 is 9.47 Å². The fraction of sp³-hybridized carbons (Fsp3) is 0.647. The van der Waals surface area contributed by atoms with Gasteiger partial charge in [0.2, 0.25) is 0 Å². The maximum atomic E-state index is 10.5. The highest BCUT2D eigenvalue weighted by atomic mass is 16.5. The molecule has 0 bridgehead atoms. The van der Waals surface area contributed by atoms with Gasteiger partial charge in [-0.05, 0) is 39.3 Å². The van der Waals surface area contributed by atoms with Crippen molar-refractivity contribution in [1.82, 2.24) is 4.90 Å². The first-order valence-corrected chi connectivity index (χ1v) is 8.04. The summed E-state index contributed by atoms with van der Waals surface area (Å²) in [6, 6.07) is 6.51. The third-order valence-electron chi connectivity index (χ3n) is 4.60. The van der Waals surface area contributed by atoms with E-state index in [0.29, 0.717) is 19.3 Å². The van der Waals surface area contributed by atoms with Gasteiger partial charge in [0.05, 0.1) is 12.6 Å². The first-order chi connectivity index (χ1) is 10.2. The average Bonchev–Trinajstić information content (AvgIpc) is 2.49. The minimum atomic E-state index is -0.477. The third-order valence-corrected chi connectivity index (χ3v) is 4.60. The van der Waals surface area contributed by atoms with Crippen LogP contribution in [0.4, 0.5) is 0 Å². The molecule has 1 saturated heterocycles. The Morgan fingerprint density at radius 2 is 2.24 bits per heavy atom. The van der Waals surface area contributed by atoms with Gasteiger partial charge in [0.1, 0.15) is 12.7 Å². The number of ether oxygens (including phenoxy) is 2. The van der Waals surface area contributed by atoms with Crippen molar-refractivity contribution in [3.05, 3.63) is 23.8 Å². The molecule has 0 spiro atoms. The van der Waals surface area contributed by atoms with E-state index in [1.807, 2.05) is 19.1 Å². The second kappa shape index (κ2) is 6.24. The number of hydrogen-bond acceptors (Lipinski definition) is 4. The van der Waals surface area contributed by atoms with Crippen molar-refractivity contribution < 1.29 is 14.6 Å². The van der Waals surface area contributed by atoms with Crippen molar-refractivity contribution in [2.75, 3.05) is 19.8 Å². The summed E-state index contributed by atoms with van der Waals surface area (Å²) < 4.78 is 11.5. The summed E-state index contributed by atoms with van der Waals surface area (Å²) >= 11 is 0. The van der Waals surface area contributed by atoms with Crippen LogP contribution in [0, 0.1) is 0 Å². The zero-order chi connectivity index (χ0) is 14.8. The number of fused-ring (bicyclic) bond motifs is 1. The first kappa shape index (κ1) is 14.7. The molecule has 1 aromatic rings. The highest BCUT2D eigenvalue weighted by molar-refractivity contribution is 5.49. The van der Waals surface area contributed by atoms with Crippen LogP contribution in [-0.2, 0) is 0 Å². The standard InChI is InChI=1S/C17H25NO3/c1-3-20-15-9-6-8-13-16(14(19)11-21-17(13)15)18-10-5-4-7-12(18)2/h6,8-9,12,14,16,19H,3-5,7,10-11H2,1-2H3. The molecule has 2 heterocycles. The van der Waals surface area contributed by atoms with Crippen LogP contribution in [0.2, 0.25) is 0 Å². The molecule has 2 aliphatic heterocycles. The monoisotopic (exact) mass is 291 g/mol. The van der Waals surface area contributed by atoms with Gasteiger partial charge >= 0.3 is 0 Å². The molecule has 0 aromatic heterocycles. The van der Waals surface area contributed by atoms with Gasteiger partial charge in [-0.2, -0.15) is 0 Å². The van der Waals surface area contributed by atoms with E-state index in [-0.39, 0.29) is 6.04 Å². The topological polar surface area (TPSA) is 41.9 Å². The second-order valence-electron chi connectivity index (χ2n) is 6.01. The minimum Gasteiger partial charge on any atom is -0.490 e. The molecule has 2 aliphatic rings. The molecule has 1 N–H and O–H groups in total. The number of piperidine rings is 1. The molecule has 0 aliphatic carbocycles. The first-order valence-electron chi connectivity index (χ1n) is 8.04. The molecule has 0 radical (unpaired) electrons. The van der Waals surface area contributed by atoms with Crippen LogP contribution in [0.5, 0.6) is 11.5 Å². The number of nitrogens with zero attached hydrogens (tertiary/aromatic N) is 1. The lowest BCUT2D eigenvalue weighted by Gasteiger charge is -2.44. The van der Waals surface area contributed by atoms with E-state index in [4.69, 9.17) is 9.47 Å². The Kier molecular flexibility index (Phi) is 4.36. The molecule has 4 heteroatoms. The van der Waals surface area contributed by atoms with Crippen molar-refractivity contribution in [3.8, 4) is 11.5 Å². The predicted octanol–water partition coefficient (Wildman–Crippen LogP) is 2.75. The highest BCUT2D eigenvalue weighted by Gasteiger charge is 2.38. The van der Waals surface area contributed by atoms with Crippen LogP contribution in [0.25, 0.3) is 0 Å². The van der Waals surface area contributed by atoms with Crippen LogP contribution in [0.3, 0.4) is 0 Å². The maximum Gasteiger partial charge on any atom is 0.166 e. The summed E-state index contributed by atoms with van der Waals surface area (Å²) in [7, 11) is 0. The Labute approximate surface area is 126 Å². The quantitative estimate of drug-likeness (QED) is 0.930. The van der Waals surface area contributed by atoms with Crippen LogP contribution >= 0.6 is 0 Å². The van der Waals surface area contributed by atoms with E-state index in [0.717, 1.165) is 23.6 Å². The number of aliphatic hydroxyl groups is 1. The Bertz CT molecular complexity index is 491. The molecule has 1 fully saturated rings. The lowest BCUT2D eigenvalue weighted by molar-refractivity contribution is -0.0256. The van der Waals surface area contributed by atoms with Crippen LogP contribution in [0.1, 0.15) is 44.7 Å². The summed E-state index contributed by atoms with van der Waals surface area (Å²) in [5.41, 5.74) is 1.06. The summed E-state index contributed by atoms with van der Waals surface area (Å²) in [6.07, 6.45) is 3.21. The van der Waals surface area contributed by atoms with Crippen molar-refractivity contribution in [2.24, 2.45) is 0 Å². The fourth-order valence-corrected chi connectivity index (χ4v) is 3.59. The van der Waals surface area contributed by atoms with E-state index in [2.05, 4.69) is 17.9 Å². The normalized spacial score (nSPS) is 29.6. The van der Waals surface area contributed by atoms with Crippen molar-refractivity contribution in [3.63, 3.8) is 0 Å². The number of rotatable bonds is 3. The Balaban J connectivity index is 1.96. The van der Waals surface area contributed by atoms with Gasteiger partial charge < -0.3 is 14.6 Å². The van der Waals surface area contributed by atoms with Gasteiger partial charge in [-0.25, -0.2) is 0 Å². The van der Waals surface area contributed by atoms with Crippen LogP contribution in [0.15, 0.2) is 18.2 Å². The zero-order valence-corrected chi connectivity index (χ0v) is 12.9. The van der Waals surface area contributed by atoms with Crippen LogP contribution in [-0.4, -0.2) is 41.9 Å². The minimum absolute atomic E-state index is 0.0180. The van der Waals surface area contributed by atoms with E-state index < -0.39 is 6.10 Å². The lowest BCUT2D eigenvalue weighted by atomic mass is 9.92. The molecule has 1 aromatic carbocycles. The fourth-order valence-electron chi connectivity index (χ4n) is 3.59. The van der Waals surface area contributed by atoms with Gasteiger partial charge in [-0.3, -0.25) is 4.90 Å². The molecule has 116 valence electrons. The van der Waals surface area contributed by atoms with E-state index in [1.165, 1.54) is 19.3 Å². The van der Waals surface area contributed by atoms with E-state index in [1.54, 1.807) is 0 Å². The van der Waals surface area contributed by atoms with E-state index >= 15 is 0 Å². The summed E-state index contributed by atoms with van der Waals surface area (Å²) in [4.78, 5) is 2.44. The average molecular weight is 291 g/mol. The van der Waals surface area contributed by atoms with Crippen molar-refractivity contribution in [2.45, 2.75) is 51.3 Å². The van der Waals surface area contributed by atoms with Crippen molar-refractivity contribution in [1.29, 1.82) is 0 Å². The third kappa shape index (κ3) is 2.74. The number of benzene rings is 1. The summed E-state index contributed by atoms with van der Waals surface area (Å²) in [5, 5.41) is 10.5. The lowest BCUT2D eigenvalue weighted by Crippen LogP contribution is -2.48. The molecular weight excluding hydrogens is 266 g/mol. The second-order valence-corrected chi connectivity index (χ2v) is 6.01. The van der Waals surface area contributed by atoms with Gasteiger partial charge in [0.15, 0.2) is 11.5 Å². The summed E-state index contributed by atoms with van der Waals surface area (Å²) in [5.74, 6) is 1.60. The van der Waals surface area contributed by atoms with Gasteiger partial charge in [0.25, 0.3) is 0 Å². The molecule has 3 rings (SSSR count). The molecule has 0 saturated carbocycles. The molecule has 3 atom stereocenters. The molecule has 4 nitrogen and oxygen atoms in total. The maximum absolute atomic E-state index is 10.5. The predicted molar refractivity (Wildman–Crippen MR) is 81.9 cm³/mol. The van der Waals surface area contributed by atoms with Crippen molar-refractivity contribution >= 4 is 0 Å². The Morgan fingerprint density at radius 1 is 1.38 bits per heavy atom. The number of likely N-dealkylation sites (tertiary alicyclic amines) is 1. The zero-order valence-electron chi connectivity index (χ0n) is 12.9. The van der Waals surface area contributed by atoms with Gasteiger partial charge in [0, 0.05) is 11.6 Å². The smallest absolute Gasteiger partial charge is 0.166 e. The highest BCUT2D eigenvalue weighted by Crippen LogP contribution is 2.43. The number of para-hydroxylation sites is 1. The number of hydrogen-bond donors (Lipinski definition) is 1. The van der Waals surface area contributed by atoms with E-state index in [9.17, 15) is 5.11 Å². The molecule has 0 amide bonds. The van der Waals surface area contributed by atoms with Gasteiger partial charge in [-0.15, -0.1) is 0 Å². The molecular formula is C17H25NO3. The summed E-state index contributed by atoms with van der Waals surface area (Å²) in [6.45, 7) is 6.23. The largest absolute Gasteiger partial charge is 0.490 e. The molecule has 3 unspecified atom stereocenters. The molecule has 21 heavy (non-hydrogen) atoms. The van der Waals surface area contributed by atoms with Gasteiger partial charge in [-0.1, -0.05) is 18.6 Å². The Morgan fingerprint density at radius 3 is 3.00 bits per heavy atom.